The van der Waals surface area contributed by atoms with Gasteiger partial charge in [0.1, 0.15) is 37.4 Å². The number of amides is 4. The zero-order valence-electron chi connectivity index (χ0n) is 42.2. The third kappa shape index (κ3) is 17.3. The van der Waals surface area contributed by atoms with Crippen molar-refractivity contribution in [3.05, 3.63) is 185 Å². The van der Waals surface area contributed by atoms with Crippen molar-refractivity contribution < 1.29 is 66.6 Å². The third-order valence-corrected chi connectivity index (χ3v) is 11.8. The van der Waals surface area contributed by atoms with Gasteiger partial charge in [0.15, 0.2) is 12.4 Å². The number of nitrogens with one attached hydrogen (secondary N) is 3. The Morgan fingerprint density at radius 2 is 1.24 bits per heavy atom. The van der Waals surface area contributed by atoms with Gasteiger partial charge in [-0.05, 0) is 65.9 Å². The van der Waals surface area contributed by atoms with Crippen LogP contribution < -0.4 is 20.7 Å². The number of nitrogens with zero attached hydrogens (tertiary/aromatic N) is 1. The predicted octanol–water partition coefficient (Wildman–Crippen LogP) is 8.05. The zero-order chi connectivity index (χ0) is 54.1. The zero-order valence-corrected chi connectivity index (χ0v) is 42.2. The van der Waals surface area contributed by atoms with Gasteiger partial charge in [-0.1, -0.05) is 148 Å². The standard InChI is InChI=1S/C58H60N4O14/c1-3-5-10-27-45(48(4-2)62(39-63)76-57(69)43-25-17-9-18-26-43)54(66)59-38-60-56(68)50-31-30-49(75-50)44-28-29-46(51(32-44)71-37-53(65)73-35-41-21-13-7-14-22-41)55(67)61-47(58(70)74-36-42-23-15-8-16-24-42)33-52(64)72-34-40-19-11-6-12-20-40/h6-9,11-26,28-32,39,45,47-48H,3-5,10,27,33-38H2,1-2H3,(H,59,66)(H,60,68)(H,61,67)/t45-,47+,48-/m1/s1. The number of hydrogen-bond donors (Lipinski definition) is 3. The van der Waals surface area contributed by atoms with Crippen molar-refractivity contribution >= 4 is 48.0 Å². The van der Waals surface area contributed by atoms with E-state index in [9.17, 15) is 38.4 Å². The highest BCUT2D eigenvalue weighted by atomic mass is 16.7. The molecule has 5 aromatic carbocycles. The summed E-state index contributed by atoms with van der Waals surface area (Å²) in [6, 6.07) is 39.6. The van der Waals surface area contributed by atoms with Crippen LogP contribution in [-0.2, 0) is 62.8 Å². The molecule has 18 nitrogen and oxygen atoms in total. The van der Waals surface area contributed by atoms with Gasteiger partial charge in [0.05, 0.1) is 36.2 Å². The van der Waals surface area contributed by atoms with Crippen molar-refractivity contribution in [2.24, 2.45) is 5.92 Å². The SMILES string of the molecule is CCCCC[C@@H](C(=O)NCNC(=O)c1ccc(-c2ccc(C(=O)N[C@@H](CC(=O)OCc3ccccc3)C(=O)OCc3ccccc3)c(OCC(=O)OCc3ccccc3)c2)o1)[C@@H](CC)N(C=O)OC(=O)c1ccccc1. The molecule has 0 spiro atoms. The van der Waals surface area contributed by atoms with Crippen LogP contribution in [0.4, 0.5) is 0 Å². The molecule has 396 valence electrons. The van der Waals surface area contributed by atoms with E-state index in [1.807, 2.05) is 19.1 Å². The third-order valence-electron chi connectivity index (χ3n) is 11.8. The fourth-order valence-corrected chi connectivity index (χ4v) is 7.81. The topological polar surface area (TPSA) is 235 Å². The highest BCUT2D eigenvalue weighted by Gasteiger charge is 2.34. The van der Waals surface area contributed by atoms with Crippen LogP contribution in [0.15, 0.2) is 156 Å². The van der Waals surface area contributed by atoms with Gasteiger partial charge in [0, 0.05) is 5.56 Å². The molecule has 0 fully saturated rings. The lowest BCUT2D eigenvalue weighted by Gasteiger charge is -2.31. The summed E-state index contributed by atoms with van der Waals surface area (Å²) in [6.45, 7) is 2.54. The summed E-state index contributed by atoms with van der Waals surface area (Å²) in [4.78, 5) is 112. The molecule has 0 aliphatic heterocycles. The lowest BCUT2D eigenvalue weighted by Crippen LogP contribution is -2.49. The van der Waals surface area contributed by atoms with Gasteiger partial charge in [0.25, 0.3) is 11.8 Å². The van der Waals surface area contributed by atoms with Gasteiger partial charge < -0.3 is 44.2 Å². The number of carbonyl (C=O) groups is 8. The highest BCUT2D eigenvalue weighted by Crippen LogP contribution is 2.30. The van der Waals surface area contributed by atoms with Crippen LogP contribution in [0.25, 0.3) is 11.3 Å². The van der Waals surface area contributed by atoms with Gasteiger partial charge in [-0.25, -0.2) is 14.4 Å². The summed E-state index contributed by atoms with van der Waals surface area (Å²) in [5.41, 5.74) is 2.48. The Kier molecular flexibility index (Phi) is 21.9. The first-order valence-electron chi connectivity index (χ1n) is 24.8. The molecular weight excluding hydrogens is 977 g/mol. The fourth-order valence-electron chi connectivity index (χ4n) is 7.81. The monoisotopic (exact) mass is 1040 g/mol. The summed E-state index contributed by atoms with van der Waals surface area (Å²) in [5.74, 6) is -6.25. The highest BCUT2D eigenvalue weighted by molar-refractivity contribution is 6.00. The van der Waals surface area contributed by atoms with Crippen LogP contribution in [0.3, 0.4) is 0 Å². The number of esters is 3. The average molecular weight is 1040 g/mol. The molecule has 0 bridgehead atoms. The summed E-state index contributed by atoms with van der Waals surface area (Å²) < 4.78 is 28.2. The molecule has 0 radical (unpaired) electrons. The molecule has 0 aliphatic carbocycles. The Bertz CT molecular complexity index is 2860. The van der Waals surface area contributed by atoms with E-state index in [-0.39, 0.29) is 61.3 Å². The van der Waals surface area contributed by atoms with Crippen molar-refractivity contribution in [3.63, 3.8) is 0 Å². The average Bonchev–Trinajstić information content (AvgIpc) is 3.96. The Morgan fingerprint density at radius 1 is 0.645 bits per heavy atom. The normalized spacial score (nSPS) is 11.9. The van der Waals surface area contributed by atoms with Gasteiger partial charge in [0.2, 0.25) is 12.3 Å². The van der Waals surface area contributed by atoms with Gasteiger partial charge in [-0.15, -0.1) is 0 Å². The largest absolute Gasteiger partial charge is 0.481 e. The fraction of sp³-hybridized carbons (Fsp3) is 0.276. The molecule has 1 aromatic heterocycles. The van der Waals surface area contributed by atoms with E-state index in [2.05, 4.69) is 16.0 Å². The number of unbranched alkanes of at least 4 members (excludes halogenated alkanes) is 2. The smallest absolute Gasteiger partial charge is 0.363 e. The number of hydroxylamine groups is 2. The first-order valence-corrected chi connectivity index (χ1v) is 24.8. The number of hydrogen-bond acceptors (Lipinski definition) is 14. The van der Waals surface area contributed by atoms with Gasteiger partial charge in [-0.2, -0.15) is 5.06 Å². The predicted molar refractivity (Wildman–Crippen MR) is 276 cm³/mol. The molecule has 18 heteroatoms. The Hall–Kier alpha value is -9.06. The number of rotatable bonds is 29. The first kappa shape index (κ1) is 56.2. The Morgan fingerprint density at radius 3 is 1.83 bits per heavy atom. The maximum absolute atomic E-state index is 14.2. The van der Waals surface area contributed by atoms with E-state index in [0.29, 0.717) is 35.9 Å². The van der Waals surface area contributed by atoms with E-state index in [1.54, 1.807) is 116 Å². The maximum Gasteiger partial charge on any atom is 0.363 e. The van der Waals surface area contributed by atoms with Crippen molar-refractivity contribution in [1.82, 2.24) is 21.0 Å². The molecule has 76 heavy (non-hydrogen) atoms. The summed E-state index contributed by atoms with van der Waals surface area (Å²) in [5, 5.41) is 8.76. The molecule has 0 saturated carbocycles. The molecule has 3 atom stereocenters. The van der Waals surface area contributed by atoms with E-state index in [4.69, 9.17) is 28.2 Å². The lowest BCUT2D eigenvalue weighted by molar-refractivity contribution is -0.171. The van der Waals surface area contributed by atoms with Crippen LogP contribution >= 0.6 is 0 Å². The van der Waals surface area contributed by atoms with Crippen molar-refractivity contribution in [2.75, 3.05) is 13.3 Å². The van der Waals surface area contributed by atoms with E-state index in [1.165, 1.54) is 30.3 Å². The maximum atomic E-state index is 14.2. The van der Waals surface area contributed by atoms with Crippen LogP contribution in [0.1, 0.15) is 100 Å². The minimum Gasteiger partial charge on any atom is -0.481 e. The molecule has 0 unspecified atom stereocenters. The molecule has 0 aliphatic rings. The van der Waals surface area contributed by atoms with E-state index in [0.717, 1.165) is 23.5 Å². The van der Waals surface area contributed by atoms with Crippen molar-refractivity contribution in [2.45, 2.75) is 84.3 Å². The molecule has 6 rings (SSSR count). The number of furan rings is 1. The number of benzene rings is 5. The Balaban J connectivity index is 1.16. The second-order valence-corrected chi connectivity index (χ2v) is 17.3. The molecule has 4 amide bonds. The van der Waals surface area contributed by atoms with Gasteiger partial charge in [-0.3, -0.25) is 24.0 Å². The second-order valence-electron chi connectivity index (χ2n) is 17.3. The quantitative estimate of drug-likeness (QED) is 0.0101. The number of ether oxygens (including phenoxy) is 4. The number of carbonyl (C=O) groups excluding carboxylic acids is 8. The minimum atomic E-state index is -1.52. The molecule has 6 aromatic rings. The lowest BCUT2D eigenvalue weighted by atomic mass is 9.90. The summed E-state index contributed by atoms with van der Waals surface area (Å²) in [7, 11) is 0. The van der Waals surface area contributed by atoms with Crippen LogP contribution in [0.5, 0.6) is 5.75 Å². The van der Waals surface area contributed by atoms with E-state index < -0.39 is 72.6 Å². The minimum absolute atomic E-state index is 0.0473. The molecule has 0 saturated heterocycles. The molecular formula is C58H60N4O14. The van der Waals surface area contributed by atoms with Crippen LogP contribution in [0, 0.1) is 5.92 Å². The summed E-state index contributed by atoms with van der Waals surface area (Å²) in [6.07, 6.45) is 2.77. The molecule has 3 N–H and O–H groups in total. The Labute approximate surface area is 439 Å². The van der Waals surface area contributed by atoms with Crippen LogP contribution in [-0.4, -0.2) is 78.4 Å². The van der Waals surface area contributed by atoms with Crippen molar-refractivity contribution in [3.8, 4) is 17.1 Å². The van der Waals surface area contributed by atoms with Crippen LogP contribution in [0.2, 0.25) is 0 Å². The van der Waals surface area contributed by atoms with Gasteiger partial charge >= 0.3 is 23.9 Å². The second kappa shape index (κ2) is 29.6. The first-order chi connectivity index (χ1) is 37.0. The molecule has 1 heterocycles. The van der Waals surface area contributed by atoms with E-state index >= 15 is 0 Å². The summed E-state index contributed by atoms with van der Waals surface area (Å²) >= 11 is 0. The van der Waals surface area contributed by atoms with Crippen molar-refractivity contribution in [1.29, 1.82) is 0 Å².